The molecule has 0 saturated heterocycles. The van der Waals surface area contributed by atoms with Crippen LogP contribution in [0.1, 0.15) is 58.3 Å². The molecule has 2 nitrogen and oxygen atoms in total. The van der Waals surface area contributed by atoms with Crippen LogP contribution in [0, 0.1) is 0 Å². The van der Waals surface area contributed by atoms with Crippen LogP contribution in [0.5, 0.6) is 0 Å². The molecule has 1 amide bonds. The minimum Gasteiger partial charge on any atom is -0.359 e. The average Bonchev–Trinajstić information content (AvgIpc) is 2.16. The highest BCUT2D eigenvalue weighted by atomic mass is 16.1. The Bertz CT molecular complexity index is 123. The Labute approximate surface area is 82.1 Å². The van der Waals surface area contributed by atoms with Crippen molar-refractivity contribution in [3.8, 4) is 0 Å². The number of carbonyl (C=O) groups excluding carboxylic acids is 1. The van der Waals surface area contributed by atoms with Gasteiger partial charge in [-0.05, 0) is 6.42 Å². The van der Waals surface area contributed by atoms with Gasteiger partial charge in [-0.3, -0.25) is 4.79 Å². The van der Waals surface area contributed by atoms with Crippen LogP contribution >= 0.6 is 0 Å². The van der Waals surface area contributed by atoms with E-state index in [-0.39, 0.29) is 5.91 Å². The molecule has 0 unspecified atom stereocenters. The molecule has 2 heteroatoms. The summed E-state index contributed by atoms with van der Waals surface area (Å²) >= 11 is 0. The molecule has 0 radical (unpaired) electrons. The van der Waals surface area contributed by atoms with E-state index < -0.39 is 0 Å². The third-order valence-electron chi connectivity index (χ3n) is 2.29. The second-order valence-corrected chi connectivity index (χ2v) is 3.54. The van der Waals surface area contributed by atoms with Crippen LogP contribution in [-0.2, 0) is 4.79 Å². The fourth-order valence-electron chi connectivity index (χ4n) is 1.37. The summed E-state index contributed by atoms with van der Waals surface area (Å²) < 4.78 is 0. The van der Waals surface area contributed by atoms with Gasteiger partial charge < -0.3 is 5.32 Å². The van der Waals surface area contributed by atoms with Gasteiger partial charge in [0.1, 0.15) is 0 Å². The summed E-state index contributed by atoms with van der Waals surface area (Å²) in [5.74, 6) is 0.175. The first kappa shape index (κ1) is 12.5. The first-order chi connectivity index (χ1) is 6.31. The summed E-state index contributed by atoms with van der Waals surface area (Å²) in [7, 11) is 1.70. The van der Waals surface area contributed by atoms with Gasteiger partial charge in [0.2, 0.25) is 5.91 Å². The largest absolute Gasteiger partial charge is 0.359 e. The van der Waals surface area contributed by atoms with Crippen LogP contribution in [0.4, 0.5) is 0 Å². The van der Waals surface area contributed by atoms with Crippen molar-refractivity contribution in [3.05, 3.63) is 0 Å². The molecule has 0 bridgehead atoms. The third-order valence-corrected chi connectivity index (χ3v) is 2.29. The number of hydrogen-bond donors (Lipinski definition) is 1. The molecule has 0 spiro atoms. The van der Waals surface area contributed by atoms with Crippen LogP contribution in [-0.4, -0.2) is 13.0 Å². The molecule has 0 aromatic carbocycles. The predicted octanol–water partition coefficient (Wildman–Crippen LogP) is 2.87. The monoisotopic (exact) mass is 185 g/mol. The van der Waals surface area contributed by atoms with Crippen LogP contribution in [0.3, 0.4) is 0 Å². The summed E-state index contributed by atoms with van der Waals surface area (Å²) in [6.07, 6.45) is 9.59. The molecule has 0 aliphatic rings. The second-order valence-electron chi connectivity index (χ2n) is 3.54. The Morgan fingerprint density at radius 3 is 2.08 bits per heavy atom. The fourth-order valence-corrected chi connectivity index (χ4v) is 1.37. The highest BCUT2D eigenvalue weighted by Crippen LogP contribution is 2.07. The maximum absolute atomic E-state index is 10.8. The van der Waals surface area contributed by atoms with E-state index in [1.165, 1.54) is 38.5 Å². The zero-order valence-electron chi connectivity index (χ0n) is 9.07. The van der Waals surface area contributed by atoms with E-state index in [1.807, 2.05) is 0 Å². The number of unbranched alkanes of at least 4 members (excludes halogenated alkanes) is 6. The molecule has 0 aliphatic heterocycles. The van der Waals surface area contributed by atoms with Gasteiger partial charge in [-0.25, -0.2) is 0 Å². The summed E-state index contributed by atoms with van der Waals surface area (Å²) in [4.78, 5) is 10.8. The number of amides is 1. The maximum Gasteiger partial charge on any atom is 0.219 e. The zero-order valence-corrected chi connectivity index (χ0v) is 9.07. The topological polar surface area (TPSA) is 29.1 Å². The summed E-state index contributed by atoms with van der Waals surface area (Å²) in [5, 5.41) is 2.64. The molecule has 0 saturated carbocycles. The number of nitrogens with one attached hydrogen (secondary N) is 1. The lowest BCUT2D eigenvalue weighted by molar-refractivity contribution is -0.120. The van der Waals surface area contributed by atoms with Crippen molar-refractivity contribution in [1.29, 1.82) is 0 Å². The van der Waals surface area contributed by atoms with Crippen molar-refractivity contribution in [1.82, 2.24) is 5.32 Å². The normalized spacial score (nSPS) is 10.0. The van der Waals surface area contributed by atoms with Crippen LogP contribution in [0.2, 0.25) is 0 Å². The third kappa shape index (κ3) is 9.38. The van der Waals surface area contributed by atoms with Crippen molar-refractivity contribution in [3.63, 3.8) is 0 Å². The number of hydrogen-bond acceptors (Lipinski definition) is 1. The van der Waals surface area contributed by atoms with Gasteiger partial charge in [-0.1, -0.05) is 45.4 Å². The average molecular weight is 185 g/mol. The van der Waals surface area contributed by atoms with E-state index in [2.05, 4.69) is 12.2 Å². The van der Waals surface area contributed by atoms with E-state index in [4.69, 9.17) is 0 Å². The quantitative estimate of drug-likeness (QED) is 0.579. The van der Waals surface area contributed by atoms with E-state index in [0.717, 1.165) is 6.42 Å². The molecule has 0 aromatic rings. The van der Waals surface area contributed by atoms with E-state index in [0.29, 0.717) is 6.42 Å². The van der Waals surface area contributed by atoms with Gasteiger partial charge in [0.15, 0.2) is 0 Å². The molecular weight excluding hydrogens is 162 g/mol. The van der Waals surface area contributed by atoms with Crippen molar-refractivity contribution < 1.29 is 4.79 Å². The minimum atomic E-state index is 0.175. The smallest absolute Gasteiger partial charge is 0.219 e. The van der Waals surface area contributed by atoms with Gasteiger partial charge in [0, 0.05) is 13.5 Å². The summed E-state index contributed by atoms with van der Waals surface area (Å²) in [6, 6.07) is 0. The Hall–Kier alpha value is -0.530. The van der Waals surface area contributed by atoms with Gasteiger partial charge in [-0.15, -0.1) is 0 Å². The lowest BCUT2D eigenvalue weighted by Gasteiger charge is -2.00. The molecule has 1 N–H and O–H groups in total. The zero-order chi connectivity index (χ0) is 9.94. The first-order valence-corrected chi connectivity index (χ1v) is 5.51. The minimum absolute atomic E-state index is 0.175. The van der Waals surface area contributed by atoms with Crippen LogP contribution in [0.15, 0.2) is 0 Å². The molecule has 0 heterocycles. The molecule has 13 heavy (non-hydrogen) atoms. The van der Waals surface area contributed by atoms with E-state index in [1.54, 1.807) is 7.05 Å². The highest BCUT2D eigenvalue weighted by Gasteiger charge is 1.96. The first-order valence-electron chi connectivity index (χ1n) is 5.51. The Morgan fingerprint density at radius 2 is 1.54 bits per heavy atom. The number of carbonyl (C=O) groups is 1. The Kier molecular flexibility index (Phi) is 9.17. The lowest BCUT2D eigenvalue weighted by atomic mass is 10.1. The van der Waals surface area contributed by atoms with Gasteiger partial charge in [-0.2, -0.15) is 0 Å². The molecule has 0 fully saturated rings. The van der Waals surface area contributed by atoms with Crippen molar-refractivity contribution in [2.45, 2.75) is 58.3 Å². The van der Waals surface area contributed by atoms with Crippen LogP contribution < -0.4 is 5.32 Å². The summed E-state index contributed by atoms with van der Waals surface area (Å²) in [5.41, 5.74) is 0. The Balaban J connectivity index is 2.95. The lowest BCUT2D eigenvalue weighted by Crippen LogP contribution is -2.16. The number of rotatable bonds is 8. The van der Waals surface area contributed by atoms with Crippen molar-refractivity contribution >= 4 is 5.91 Å². The van der Waals surface area contributed by atoms with E-state index >= 15 is 0 Å². The molecule has 0 atom stereocenters. The molecule has 0 aliphatic carbocycles. The highest BCUT2D eigenvalue weighted by molar-refractivity contribution is 5.75. The molecule has 78 valence electrons. The predicted molar refractivity (Wildman–Crippen MR) is 56.7 cm³/mol. The van der Waals surface area contributed by atoms with Gasteiger partial charge in [0.25, 0.3) is 0 Å². The van der Waals surface area contributed by atoms with E-state index in [9.17, 15) is 4.79 Å². The molecular formula is C11H23NO. The second kappa shape index (κ2) is 9.56. The van der Waals surface area contributed by atoms with Crippen LogP contribution in [0.25, 0.3) is 0 Å². The van der Waals surface area contributed by atoms with Crippen molar-refractivity contribution in [2.75, 3.05) is 7.05 Å². The van der Waals surface area contributed by atoms with Crippen molar-refractivity contribution in [2.24, 2.45) is 0 Å². The maximum atomic E-state index is 10.8. The molecule has 0 rings (SSSR count). The van der Waals surface area contributed by atoms with Gasteiger partial charge in [0.05, 0.1) is 0 Å². The Morgan fingerprint density at radius 1 is 1.00 bits per heavy atom. The SMILES string of the molecule is CCCCCCCCCC(=O)NC. The standard InChI is InChI=1S/C11H23NO/c1-3-4-5-6-7-8-9-10-11(13)12-2/h3-10H2,1-2H3,(H,12,13). The summed E-state index contributed by atoms with van der Waals surface area (Å²) in [6.45, 7) is 2.23. The fraction of sp³-hybridized carbons (Fsp3) is 0.909. The van der Waals surface area contributed by atoms with Gasteiger partial charge >= 0.3 is 0 Å². The molecule has 0 aromatic heterocycles.